The highest BCUT2D eigenvalue weighted by Gasteiger charge is 2.03. The third kappa shape index (κ3) is 4.13. The first-order chi connectivity index (χ1) is 10.1. The lowest BCUT2D eigenvalue weighted by atomic mass is 10.1. The first-order valence-electron chi connectivity index (χ1n) is 6.99. The zero-order valence-electron chi connectivity index (χ0n) is 12.9. The van der Waals surface area contributed by atoms with Crippen LogP contribution in [0.25, 0.3) is 0 Å². The van der Waals surface area contributed by atoms with Crippen molar-refractivity contribution in [2.24, 2.45) is 0 Å². The van der Waals surface area contributed by atoms with E-state index in [0.717, 1.165) is 35.8 Å². The zero-order chi connectivity index (χ0) is 15.2. The average molecular weight is 285 g/mol. The molecule has 4 heteroatoms. The summed E-state index contributed by atoms with van der Waals surface area (Å²) in [6.45, 7) is 1.55. The van der Waals surface area contributed by atoms with Crippen LogP contribution in [0.1, 0.15) is 11.1 Å². The van der Waals surface area contributed by atoms with E-state index in [1.54, 1.807) is 7.11 Å². The second kappa shape index (κ2) is 6.99. The van der Waals surface area contributed by atoms with Crippen LogP contribution in [0.2, 0.25) is 0 Å². The van der Waals surface area contributed by atoms with E-state index in [9.17, 15) is 0 Å². The molecule has 0 saturated carbocycles. The summed E-state index contributed by atoms with van der Waals surface area (Å²) >= 11 is 0. The fraction of sp³-hybridized carbons (Fsp3) is 0.294. The Balaban J connectivity index is 1.94. The number of methoxy groups -OCH3 is 1. The minimum atomic E-state index is 0.750. The Morgan fingerprint density at radius 2 is 1.76 bits per heavy atom. The third-order valence-corrected chi connectivity index (χ3v) is 3.45. The van der Waals surface area contributed by atoms with Gasteiger partial charge in [-0.1, -0.05) is 12.1 Å². The van der Waals surface area contributed by atoms with Gasteiger partial charge in [0.2, 0.25) is 0 Å². The van der Waals surface area contributed by atoms with Gasteiger partial charge in [0.1, 0.15) is 5.75 Å². The predicted octanol–water partition coefficient (Wildman–Crippen LogP) is 2.63. The van der Waals surface area contributed by atoms with Gasteiger partial charge in [0.05, 0.1) is 7.11 Å². The quantitative estimate of drug-likeness (QED) is 0.801. The molecule has 0 amide bonds. The van der Waals surface area contributed by atoms with E-state index in [1.165, 1.54) is 5.56 Å². The lowest BCUT2D eigenvalue weighted by Gasteiger charge is -2.15. The van der Waals surface area contributed by atoms with Gasteiger partial charge >= 0.3 is 0 Å². The highest BCUT2D eigenvalue weighted by atomic mass is 16.5. The first-order valence-corrected chi connectivity index (χ1v) is 6.99. The van der Waals surface area contributed by atoms with Gasteiger partial charge in [0.15, 0.2) is 0 Å². The van der Waals surface area contributed by atoms with E-state index in [2.05, 4.69) is 28.4 Å². The summed E-state index contributed by atoms with van der Waals surface area (Å²) in [7, 11) is 5.73. The average Bonchev–Trinajstić information content (AvgIpc) is 2.49. The van der Waals surface area contributed by atoms with Crippen LogP contribution in [0, 0.1) is 0 Å². The van der Waals surface area contributed by atoms with Crippen LogP contribution in [0.4, 0.5) is 11.4 Å². The van der Waals surface area contributed by atoms with Gasteiger partial charge in [0, 0.05) is 38.6 Å². The van der Waals surface area contributed by atoms with Crippen LogP contribution in [-0.4, -0.2) is 21.2 Å². The maximum atomic E-state index is 6.03. The standard InChI is InChI=1S/C17H23N3O/c1-20(2)15-6-9-17(18)14(10-15)12-19-11-13-4-7-16(21-3)8-5-13/h4-10,19H,11-12,18H2,1-3H3. The fourth-order valence-corrected chi connectivity index (χ4v) is 2.11. The number of nitrogen functional groups attached to an aromatic ring is 1. The maximum Gasteiger partial charge on any atom is 0.118 e. The first kappa shape index (κ1) is 15.2. The number of hydrogen-bond acceptors (Lipinski definition) is 4. The molecule has 0 heterocycles. The van der Waals surface area contributed by atoms with Gasteiger partial charge in [-0.3, -0.25) is 0 Å². The van der Waals surface area contributed by atoms with Gasteiger partial charge in [0.25, 0.3) is 0 Å². The van der Waals surface area contributed by atoms with E-state index in [1.807, 2.05) is 38.4 Å². The SMILES string of the molecule is COc1ccc(CNCc2cc(N(C)C)ccc2N)cc1. The molecule has 0 fully saturated rings. The van der Waals surface area contributed by atoms with Gasteiger partial charge < -0.3 is 20.7 Å². The van der Waals surface area contributed by atoms with E-state index in [-0.39, 0.29) is 0 Å². The molecular formula is C17H23N3O. The molecule has 2 rings (SSSR count). The number of rotatable bonds is 6. The molecule has 0 aromatic heterocycles. The summed E-state index contributed by atoms with van der Waals surface area (Å²) in [5.41, 5.74) is 10.4. The van der Waals surface area contributed by atoms with Crippen LogP contribution < -0.4 is 20.7 Å². The van der Waals surface area contributed by atoms with Gasteiger partial charge in [-0.15, -0.1) is 0 Å². The second-order valence-corrected chi connectivity index (χ2v) is 5.23. The molecule has 4 nitrogen and oxygen atoms in total. The van der Waals surface area contributed by atoms with Crippen molar-refractivity contribution in [1.82, 2.24) is 5.32 Å². The monoisotopic (exact) mass is 285 g/mol. The Hall–Kier alpha value is -2.20. The Kier molecular flexibility index (Phi) is 5.06. The van der Waals surface area contributed by atoms with Crippen molar-refractivity contribution in [1.29, 1.82) is 0 Å². The maximum absolute atomic E-state index is 6.03. The van der Waals surface area contributed by atoms with Crippen LogP contribution in [0.5, 0.6) is 5.75 Å². The van der Waals surface area contributed by atoms with E-state index >= 15 is 0 Å². The molecule has 0 aliphatic carbocycles. The number of nitrogens with two attached hydrogens (primary N) is 1. The minimum Gasteiger partial charge on any atom is -0.497 e. The summed E-state index contributed by atoms with van der Waals surface area (Å²) in [5.74, 6) is 0.877. The number of anilines is 2. The van der Waals surface area contributed by atoms with Gasteiger partial charge in [-0.25, -0.2) is 0 Å². The Morgan fingerprint density at radius 1 is 1.05 bits per heavy atom. The molecule has 0 radical (unpaired) electrons. The summed E-state index contributed by atoms with van der Waals surface area (Å²) in [5, 5.41) is 3.42. The summed E-state index contributed by atoms with van der Waals surface area (Å²) in [6.07, 6.45) is 0. The molecule has 0 saturated heterocycles. The topological polar surface area (TPSA) is 50.5 Å². The highest BCUT2D eigenvalue weighted by Crippen LogP contribution is 2.19. The van der Waals surface area contributed by atoms with Crippen LogP contribution >= 0.6 is 0 Å². The molecule has 0 aliphatic heterocycles. The number of benzene rings is 2. The number of nitrogens with zero attached hydrogens (tertiary/aromatic N) is 1. The second-order valence-electron chi connectivity index (χ2n) is 5.23. The number of hydrogen-bond donors (Lipinski definition) is 2. The van der Waals surface area contributed by atoms with E-state index < -0.39 is 0 Å². The molecule has 0 unspecified atom stereocenters. The van der Waals surface area contributed by atoms with Crippen LogP contribution in [0.15, 0.2) is 42.5 Å². The van der Waals surface area contributed by atoms with Gasteiger partial charge in [-0.05, 0) is 41.5 Å². The number of nitrogens with one attached hydrogen (secondary N) is 1. The lowest BCUT2D eigenvalue weighted by molar-refractivity contribution is 0.414. The summed E-state index contributed by atoms with van der Waals surface area (Å²) in [6, 6.07) is 14.2. The minimum absolute atomic E-state index is 0.750. The van der Waals surface area contributed by atoms with Crippen molar-refractivity contribution >= 4 is 11.4 Å². The predicted molar refractivity (Wildman–Crippen MR) is 88.7 cm³/mol. The Morgan fingerprint density at radius 3 is 2.38 bits per heavy atom. The zero-order valence-corrected chi connectivity index (χ0v) is 12.9. The summed E-state index contributed by atoms with van der Waals surface area (Å²) in [4.78, 5) is 2.08. The van der Waals surface area contributed by atoms with Crippen molar-refractivity contribution in [3.63, 3.8) is 0 Å². The van der Waals surface area contributed by atoms with Crippen molar-refractivity contribution in [3.05, 3.63) is 53.6 Å². The lowest BCUT2D eigenvalue weighted by Crippen LogP contribution is -2.15. The smallest absolute Gasteiger partial charge is 0.118 e. The molecule has 0 spiro atoms. The van der Waals surface area contributed by atoms with Crippen LogP contribution in [0.3, 0.4) is 0 Å². The molecule has 112 valence electrons. The normalized spacial score (nSPS) is 10.4. The molecule has 0 aliphatic rings. The van der Waals surface area contributed by atoms with Crippen molar-refractivity contribution < 1.29 is 4.74 Å². The fourth-order valence-electron chi connectivity index (χ4n) is 2.11. The molecule has 2 aromatic carbocycles. The van der Waals surface area contributed by atoms with Crippen LogP contribution in [-0.2, 0) is 13.1 Å². The Labute approximate surface area is 126 Å². The number of ether oxygens (including phenoxy) is 1. The largest absolute Gasteiger partial charge is 0.497 e. The van der Waals surface area contributed by atoms with Crippen molar-refractivity contribution in [2.75, 3.05) is 31.8 Å². The van der Waals surface area contributed by atoms with E-state index in [4.69, 9.17) is 10.5 Å². The molecular weight excluding hydrogens is 262 g/mol. The van der Waals surface area contributed by atoms with Gasteiger partial charge in [-0.2, -0.15) is 0 Å². The Bertz CT molecular complexity index is 579. The molecule has 0 bridgehead atoms. The third-order valence-electron chi connectivity index (χ3n) is 3.45. The van der Waals surface area contributed by atoms with E-state index in [0.29, 0.717) is 0 Å². The molecule has 0 atom stereocenters. The molecule has 21 heavy (non-hydrogen) atoms. The molecule has 3 N–H and O–H groups in total. The van der Waals surface area contributed by atoms with Crippen molar-refractivity contribution in [3.8, 4) is 5.75 Å². The summed E-state index contributed by atoms with van der Waals surface area (Å²) < 4.78 is 5.15. The molecule has 2 aromatic rings. The van der Waals surface area contributed by atoms with Crippen molar-refractivity contribution in [2.45, 2.75) is 13.1 Å². The highest BCUT2D eigenvalue weighted by molar-refractivity contribution is 5.57.